The van der Waals surface area contributed by atoms with E-state index in [1.807, 2.05) is 36.5 Å². The Balaban J connectivity index is 1.38. The summed E-state index contributed by atoms with van der Waals surface area (Å²) in [6.07, 6.45) is 10.6. The van der Waals surface area contributed by atoms with Gasteiger partial charge in [0.1, 0.15) is 5.75 Å². The summed E-state index contributed by atoms with van der Waals surface area (Å²) in [5.74, 6) is 1.55. The number of aliphatic hydroxyl groups excluding tert-OH is 1. The van der Waals surface area contributed by atoms with E-state index in [0.717, 1.165) is 36.3 Å². The molecule has 3 atom stereocenters. The lowest BCUT2D eigenvalue weighted by Gasteiger charge is -2.30. The Bertz CT molecular complexity index is 1020. The van der Waals surface area contributed by atoms with Crippen LogP contribution in [0.1, 0.15) is 37.9 Å². The van der Waals surface area contributed by atoms with Crippen LogP contribution in [0.3, 0.4) is 0 Å². The highest BCUT2D eigenvalue weighted by molar-refractivity contribution is 5.64. The number of anilines is 1. The van der Waals surface area contributed by atoms with Crippen molar-refractivity contribution in [2.24, 2.45) is 11.8 Å². The highest BCUT2D eigenvalue weighted by atomic mass is 16.5. The second-order valence-electron chi connectivity index (χ2n) is 8.27. The smallest absolute Gasteiger partial charge is 0.118 e. The van der Waals surface area contributed by atoms with Crippen molar-refractivity contribution in [1.82, 2.24) is 10.4 Å². The van der Waals surface area contributed by atoms with Crippen LogP contribution in [-0.2, 0) is 0 Å². The first-order chi connectivity index (χ1) is 14.7. The Kier molecular flexibility index (Phi) is 4.83. The quantitative estimate of drug-likeness (QED) is 0.763. The first kappa shape index (κ1) is 18.9. The van der Waals surface area contributed by atoms with Crippen LogP contribution in [0, 0.1) is 11.8 Å². The van der Waals surface area contributed by atoms with E-state index in [-0.39, 0.29) is 0 Å². The Labute approximate surface area is 177 Å². The van der Waals surface area contributed by atoms with Gasteiger partial charge in [-0.25, -0.2) is 0 Å². The van der Waals surface area contributed by atoms with Crippen molar-refractivity contribution in [3.05, 3.63) is 89.0 Å². The standard InChI is InChI=1S/C25H27N3O2/c1-16-22-15-27-28(20-4-3-11-26-14-20)23(22)12-18-5-6-19(25(16)18)13-24(29)17-7-9-21(30-2)10-8-17/h3-4,7-12,14-16,19,24,27,29H,5-6,13H2,1-2H3/t16-,19+,24?/m0/s1. The molecule has 30 heavy (non-hydrogen) atoms. The summed E-state index contributed by atoms with van der Waals surface area (Å²) >= 11 is 0. The predicted octanol–water partition coefficient (Wildman–Crippen LogP) is 4.66. The van der Waals surface area contributed by atoms with E-state index in [1.165, 1.54) is 22.4 Å². The molecule has 5 heteroatoms. The zero-order valence-corrected chi connectivity index (χ0v) is 17.4. The molecule has 2 heterocycles. The summed E-state index contributed by atoms with van der Waals surface area (Å²) < 4.78 is 5.23. The van der Waals surface area contributed by atoms with E-state index in [0.29, 0.717) is 11.8 Å². The number of ether oxygens (including phenoxy) is 1. The summed E-state index contributed by atoms with van der Waals surface area (Å²) in [6, 6.07) is 11.8. The predicted molar refractivity (Wildman–Crippen MR) is 118 cm³/mol. The number of pyridine rings is 1. The van der Waals surface area contributed by atoms with Crippen LogP contribution >= 0.6 is 0 Å². The maximum absolute atomic E-state index is 10.9. The number of methoxy groups -OCH3 is 1. The van der Waals surface area contributed by atoms with E-state index in [9.17, 15) is 5.11 Å². The average Bonchev–Trinajstić information content (AvgIpc) is 3.39. The number of aliphatic hydroxyl groups is 1. The maximum atomic E-state index is 10.9. The summed E-state index contributed by atoms with van der Waals surface area (Å²) in [4.78, 5) is 4.26. The number of hydrazine groups is 1. The number of nitrogens with zero attached hydrogens (tertiary/aromatic N) is 2. The van der Waals surface area contributed by atoms with E-state index < -0.39 is 6.10 Å². The number of hydrogen-bond donors (Lipinski definition) is 2. The third kappa shape index (κ3) is 3.19. The Morgan fingerprint density at radius 3 is 2.83 bits per heavy atom. The van der Waals surface area contributed by atoms with E-state index in [1.54, 1.807) is 13.3 Å². The van der Waals surface area contributed by atoms with Crippen molar-refractivity contribution in [1.29, 1.82) is 0 Å². The fourth-order valence-corrected chi connectivity index (χ4v) is 5.09. The van der Waals surface area contributed by atoms with Gasteiger partial charge in [-0.15, -0.1) is 0 Å². The highest BCUT2D eigenvalue weighted by Crippen LogP contribution is 2.49. The molecular formula is C25H27N3O2. The van der Waals surface area contributed by atoms with Gasteiger partial charge in [0, 0.05) is 23.9 Å². The molecule has 1 aromatic heterocycles. The summed E-state index contributed by atoms with van der Waals surface area (Å²) in [5, 5.41) is 13.0. The molecule has 5 rings (SSSR count). The van der Waals surface area contributed by atoms with Gasteiger partial charge in [0.15, 0.2) is 0 Å². The van der Waals surface area contributed by atoms with Crippen LogP contribution in [0.2, 0.25) is 0 Å². The molecule has 2 aromatic rings. The van der Waals surface area contributed by atoms with Crippen LogP contribution in [0.25, 0.3) is 0 Å². The molecule has 1 unspecified atom stereocenters. The minimum absolute atomic E-state index is 0.338. The Morgan fingerprint density at radius 1 is 1.27 bits per heavy atom. The molecule has 0 radical (unpaired) electrons. The molecule has 1 aliphatic heterocycles. The number of aromatic nitrogens is 1. The lowest BCUT2D eigenvalue weighted by molar-refractivity contribution is 0.149. The number of rotatable bonds is 5. The lowest BCUT2D eigenvalue weighted by atomic mass is 9.78. The van der Waals surface area contributed by atoms with Gasteiger partial charge in [0.2, 0.25) is 0 Å². The largest absolute Gasteiger partial charge is 0.497 e. The Morgan fingerprint density at radius 2 is 2.10 bits per heavy atom. The molecule has 3 aliphatic rings. The van der Waals surface area contributed by atoms with Gasteiger partial charge in [-0.1, -0.05) is 24.6 Å². The van der Waals surface area contributed by atoms with E-state index >= 15 is 0 Å². The summed E-state index contributed by atoms with van der Waals surface area (Å²) in [7, 11) is 1.66. The number of allylic oxidation sites excluding steroid dienone is 4. The second-order valence-corrected chi connectivity index (χ2v) is 8.27. The molecule has 0 spiro atoms. The molecule has 0 saturated heterocycles. The van der Waals surface area contributed by atoms with E-state index in [2.05, 4.69) is 40.7 Å². The van der Waals surface area contributed by atoms with Crippen LogP contribution < -0.4 is 15.2 Å². The minimum atomic E-state index is -0.465. The number of nitrogens with one attached hydrogen (secondary N) is 1. The maximum Gasteiger partial charge on any atom is 0.118 e. The lowest BCUT2D eigenvalue weighted by Crippen LogP contribution is -2.30. The van der Waals surface area contributed by atoms with Crippen LogP contribution in [0.5, 0.6) is 5.75 Å². The van der Waals surface area contributed by atoms with Crippen LogP contribution in [-0.4, -0.2) is 17.2 Å². The first-order valence-electron chi connectivity index (χ1n) is 10.6. The van der Waals surface area contributed by atoms with Crippen molar-refractivity contribution in [2.45, 2.75) is 32.3 Å². The van der Waals surface area contributed by atoms with Gasteiger partial charge in [-0.05, 0) is 66.7 Å². The zero-order valence-electron chi connectivity index (χ0n) is 17.4. The van der Waals surface area contributed by atoms with Gasteiger partial charge in [-0.2, -0.15) is 0 Å². The number of fused-ring (bicyclic) bond motifs is 1. The molecule has 154 valence electrons. The summed E-state index contributed by atoms with van der Waals surface area (Å²) in [6.45, 7) is 2.29. The third-order valence-electron chi connectivity index (χ3n) is 6.62. The number of benzene rings is 1. The normalized spacial score (nSPS) is 23.4. The zero-order chi connectivity index (χ0) is 20.7. The van der Waals surface area contributed by atoms with E-state index in [4.69, 9.17) is 4.74 Å². The fourth-order valence-electron chi connectivity index (χ4n) is 5.09. The molecule has 1 aromatic carbocycles. The van der Waals surface area contributed by atoms with Gasteiger partial charge < -0.3 is 15.3 Å². The Hall–Kier alpha value is -3.05. The van der Waals surface area contributed by atoms with Crippen molar-refractivity contribution in [3.63, 3.8) is 0 Å². The average molecular weight is 402 g/mol. The fraction of sp³-hybridized carbons (Fsp3) is 0.320. The molecular weight excluding hydrogens is 374 g/mol. The van der Waals surface area contributed by atoms with Gasteiger partial charge in [-0.3, -0.25) is 9.99 Å². The van der Waals surface area contributed by atoms with Crippen molar-refractivity contribution in [3.8, 4) is 5.75 Å². The van der Waals surface area contributed by atoms with Crippen molar-refractivity contribution in [2.75, 3.05) is 12.1 Å². The minimum Gasteiger partial charge on any atom is -0.497 e. The van der Waals surface area contributed by atoms with Gasteiger partial charge in [0.25, 0.3) is 0 Å². The van der Waals surface area contributed by atoms with Crippen LogP contribution in [0.15, 0.2) is 83.5 Å². The van der Waals surface area contributed by atoms with Crippen LogP contribution in [0.4, 0.5) is 5.69 Å². The van der Waals surface area contributed by atoms with Gasteiger partial charge >= 0.3 is 0 Å². The molecule has 0 amide bonds. The molecule has 0 bridgehead atoms. The second kappa shape index (κ2) is 7.65. The van der Waals surface area contributed by atoms with Crippen molar-refractivity contribution < 1.29 is 9.84 Å². The molecule has 0 saturated carbocycles. The first-order valence-corrected chi connectivity index (χ1v) is 10.6. The monoisotopic (exact) mass is 401 g/mol. The van der Waals surface area contributed by atoms with Gasteiger partial charge in [0.05, 0.1) is 30.8 Å². The molecule has 0 fully saturated rings. The third-order valence-corrected chi connectivity index (χ3v) is 6.62. The highest BCUT2D eigenvalue weighted by Gasteiger charge is 2.38. The number of hydrogen-bond acceptors (Lipinski definition) is 5. The molecule has 5 nitrogen and oxygen atoms in total. The topological polar surface area (TPSA) is 57.6 Å². The molecule has 2 N–H and O–H groups in total. The molecule has 2 aliphatic carbocycles. The van der Waals surface area contributed by atoms with Crippen molar-refractivity contribution >= 4 is 5.69 Å². The summed E-state index contributed by atoms with van der Waals surface area (Å²) in [5.41, 5.74) is 10.8. The SMILES string of the molecule is COc1ccc(C(O)C[C@H]2CCC3=C2[C@@H](C)C2=CNN(c4cccnc4)C2=C3)cc1.